The average molecular weight is 505 g/mol. The van der Waals surface area contributed by atoms with E-state index in [1.807, 2.05) is 31.2 Å². The average Bonchev–Trinajstić information content (AvgIpc) is 3.48. The van der Waals surface area contributed by atoms with Gasteiger partial charge in [0.25, 0.3) is 0 Å². The molecule has 10 heteroatoms. The lowest BCUT2D eigenvalue weighted by molar-refractivity contribution is 0.0499. The van der Waals surface area contributed by atoms with Crippen molar-refractivity contribution in [2.24, 2.45) is 20.5 Å². The van der Waals surface area contributed by atoms with Gasteiger partial charge in [-0.2, -0.15) is 15.2 Å². The van der Waals surface area contributed by atoms with Gasteiger partial charge in [0.2, 0.25) is 16.6 Å². The van der Waals surface area contributed by atoms with Crippen molar-refractivity contribution in [3.63, 3.8) is 0 Å². The standard InChI is InChI=1S/C26H28N6O3S/c1-4-7-16-34-26(33)25-27-24-22(36-25)17-23(35-24)31-30-19-10-8-18(9-11-19)28-29-20-12-14-21(15-13-20)32(5-2)6-3/h8-15,17H,4-7,16H2,1-3H3. The van der Waals surface area contributed by atoms with Crippen LogP contribution in [-0.2, 0) is 4.74 Å². The van der Waals surface area contributed by atoms with Gasteiger partial charge in [-0.3, -0.25) is 0 Å². The summed E-state index contributed by atoms with van der Waals surface area (Å²) in [5, 5.41) is 17.2. The minimum Gasteiger partial charge on any atom is -0.460 e. The highest BCUT2D eigenvalue weighted by atomic mass is 32.1. The normalized spacial score (nSPS) is 11.6. The summed E-state index contributed by atoms with van der Waals surface area (Å²) in [5.41, 5.74) is 3.66. The predicted octanol–water partition coefficient (Wildman–Crippen LogP) is 8.52. The first-order valence-electron chi connectivity index (χ1n) is 12.0. The van der Waals surface area contributed by atoms with Crippen LogP contribution in [0, 0.1) is 0 Å². The first-order chi connectivity index (χ1) is 17.6. The summed E-state index contributed by atoms with van der Waals surface area (Å²) < 4.78 is 11.5. The van der Waals surface area contributed by atoms with Crippen LogP contribution in [-0.4, -0.2) is 30.6 Å². The van der Waals surface area contributed by atoms with Gasteiger partial charge in [-0.15, -0.1) is 21.6 Å². The molecule has 2 aromatic carbocycles. The van der Waals surface area contributed by atoms with Crippen molar-refractivity contribution < 1.29 is 13.9 Å². The second-order valence-corrected chi connectivity index (χ2v) is 8.90. The number of carbonyl (C=O) groups is 1. The molecule has 0 bridgehead atoms. The van der Waals surface area contributed by atoms with E-state index in [2.05, 4.69) is 56.3 Å². The maximum Gasteiger partial charge on any atom is 0.367 e. The molecule has 2 heterocycles. The highest BCUT2D eigenvalue weighted by molar-refractivity contribution is 7.20. The summed E-state index contributed by atoms with van der Waals surface area (Å²) in [5.74, 6) is -0.122. The number of aromatic nitrogens is 1. The first-order valence-corrected chi connectivity index (χ1v) is 12.8. The lowest BCUT2D eigenvalue weighted by Crippen LogP contribution is -2.21. The van der Waals surface area contributed by atoms with Gasteiger partial charge >= 0.3 is 5.97 Å². The Morgan fingerprint density at radius 2 is 1.50 bits per heavy atom. The van der Waals surface area contributed by atoms with Crippen molar-refractivity contribution in [3.05, 3.63) is 59.6 Å². The van der Waals surface area contributed by atoms with Crippen molar-refractivity contribution in [2.75, 3.05) is 24.6 Å². The number of furan rings is 1. The molecule has 9 nitrogen and oxygen atoms in total. The number of nitrogens with zero attached hydrogens (tertiary/aromatic N) is 6. The van der Waals surface area contributed by atoms with Crippen LogP contribution in [0.3, 0.4) is 0 Å². The Labute approximate surface area is 213 Å². The third-order valence-electron chi connectivity index (χ3n) is 5.35. The van der Waals surface area contributed by atoms with Crippen LogP contribution >= 0.6 is 11.3 Å². The van der Waals surface area contributed by atoms with E-state index in [0.29, 0.717) is 34.3 Å². The number of benzene rings is 2. The summed E-state index contributed by atoms with van der Waals surface area (Å²) in [6.45, 7) is 8.63. The van der Waals surface area contributed by atoms with E-state index >= 15 is 0 Å². The lowest BCUT2D eigenvalue weighted by Gasteiger charge is -2.20. The molecule has 0 N–H and O–H groups in total. The van der Waals surface area contributed by atoms with Gasteiger partial charge in [0.05, 0.1) is 28.4 Å². The van der Waals surface area contributed by atoms with Crippen LogP contribution in [0.4, 0.5) is 28.6 Å². The molecule has 0 saturated carbocycles. The summed E-state index contributed by atoms with van der Waals surface area (Å²) in [4.78, 5) is 18.5. The third kappa shape index (κ3) is 6.39. The molecule has 0 aliphatic carbocycles. The largest absolute Gasteiger partial charge is 0.460 e. The molecule has 0 spiro atoms. The molecule has 186 valence electrons. The van der Waals surface area contributed by atoms with Gasteiger partial charge in [0.1, 0.15) is 0 Å². The maximum atomic E-state index is 12.0. The number of esters is 1. The van der Waals surface area contributed by atoms with Crippen LogP contribution in [0.1, 0.15) is 43.4 Å². The van der Waals surface area contributed by atoms with E-state index in [-0.39, 0.29) is 5.01 Å². The minimum atomic E-state index is -0.433. The van der Waals surface area contributed by atoms with Crippen molar-refractivity contribution in [1.82, 2.24) is 4.98 Å². The maximum absolute atomic E-state index is 12.0. The Morgan fingerprint density at radius 1 is 0.917 bits per heavy atom. The topological polar surface area (TPSA) is 105 Å². The molecule has 0 radical (unpaired) electrons. The minimum absolute atomic E-state index is 0.271. The molecular formula is C26H28N6O3S. The highest BCUT2D eigenvalue weighted by Gasteiger charge is 2.17. The van der Waals surface area contributed by atoms with Crippen molar-refractivity contribution in [2.45, 2.75) is 33.6 Å². The van der Waals surface area contributed by atoms with E-state index in [9.17, 15) is 4.79 Å². The molecule has 36 heavy (non-hydrogen) atoms. The number of carbonyl (C=O) groups excluding carboxylic acids is 1. The first kappa shape index (κ1) is 25.2. The molecular weight excluding hydrogens is 476 g/mol. The summed E-state index contributed by atoms with van der Waals surface area (Å²) >= 11 is 1.21. The molecule has 0 aliphatic rings. The van der Waals surface area contributed by atoms with Gasteiger partial charge in [-0.05, 0) is 68.8 Å². The zero-order valence-corrected chi connectivity index (χ0v) is 21.4. The zero-order chi connectivity index (χ0) is 25.3. The number of fused-ring (bicyclic) bond motifs is 1. The SMILES string of the molecule is CCCCOC(=O)c1nc2oc(N=Nc3ccc(N=Nc4ccc(N(CC)CC)cc4)cc3)cc2s1. The number of hydrogen-bond acceptors (Lipinski definition) is 10. The number of thiazole rings is 1. The number of anilines is 1. The van der Waals surface area contributed by atoms with E-state index in [1.165, 1.54) is 17.0 Å². The van der Waals surface area contributed by atoms with Gasteiger partial charge < -0.3 is 14.1 Å². The fourth-order valence-corrected chi connectivity index (χ4v) is 4.17. The molecule has 0 saturated heterocycles. The molecule has 0 atom stereocenters. The molecule has 0 fully saturated rings. The van der Waals surface area contributed by atoms with Crippen LogP contribution in [0.25, 0.3) is 10.4 Å². The highest BCUT2D eigenvalue weighted by Crippen LogP contribution is 2.31. The predicted molar refractivity (Wildman–Crippen MR) is 142 cm³/mol. The fourth-order valence-electron chi connectivity index (χ4n) is 3.36. The molecule has 0 unspecified atom stereocenters. The van der Waals surface area contributed by atoms with E-state index < -0.39 is 5.97 Å². The van der Waals surface area contributed by atoms with Gasteiger partial charge in [0, 0.05) is 24.8 Å². The molecule has 0 aliphatic heterocycles. The van der Waals surface area contributed by atoms with E-state index in [0.717, 1.165) is 31.6 Å². The Hall–Kier alpha value is -3.92. The second-order valence-electron chi connectivity index (χ2n) is 7.87. The molecule has 4 aromatic rings. The van der Waals surface area contributed by atoms with E-state index in [1.54, 1.807) is 18.2 Å². The lowest BCUT2D eigenvalue weighted by atomic mass is 10.2. The summed E-state index contributed by atoms with van der Waals surface area (Å²) in [7, 11) is 0. The Bertz CT molecular complexity index is 1310. The van der Waals surface area contributed by atoms with Crippen LogP contribution < -0.4 is 4.90 Å². The third-order valence-corrected chi connectivity index (χ3v) is 6.32. The Kier molecular flexibility index (Phi) is 8.51. The summed E-state index contributed by atoms with van der Waals surface area (Å²) in [6.07, 6.45) is 1.78. The number of rotatable bonds is 11. The van der Waals surface area contributed by atoms with Crippen molar-refractivity contribution >= 4 is 56.4 Å². The van der Waals surface area contributed by atoms with Crippen LogP contribution in [0.2, 0.25) is 0 Å². The summed E-state index contributed by atoms with van der Waals surface area (Å²) in [6, 6.07) is 17.0. The van der Waals surface area contributed by atoms with Crippen LogP contribution in [0.15, 0.2) is 79.5 Å². The monoisotopic (exact) mass is 504 g/mol. The second kappa shape index (κ2) is 12.2. The van der Waals surface area contributed by atoms with Crippen molar-refractivity contribution in [3.8, 4) is 0 Å². The van der Waals surface area contributed by atoms with Gasteiger partial charge in [0.15, 0.2) is 0 Å². The molecule has 0 amide bonds. The van der Waals surface area contributed by atoms with Gasteiger partial charge in [-0.1, -0.05) is 13.3 Å². The number of unbranched alkanes of at least 4 members (excludes halogenated alkanes) is 1. The molecule has 4 rings (SSSR count). The number of hydrogen-bond donors (Lipinski definition) is 0. The molecule has 2 aromatic heterocycles. The Morgan fingerprint density at radius 3 is 2.06 bits per heavy atom. The Balaban J connectivity index is 1.34. The van der Waals surface area contributed by atoms with Crippen molar-refractivity contribution in [1.29, 1.82) is 0 Å². The van der Waals surface area contributed by atoms with Crippen LogP contribution in [0.5, 0.6) is 0 Å². The number of ether oxygens (including phenoxy) is 1. The quantitative estimate of drug-likeness (QED) is 0.116. The zero-order valence-electron chi connectivity index (χ0n) is 20.5. The smallest absolute Gasteiger partial charge is 0.367 e. The van der Waals surface area contributed by atoms with Gasteiger partial charge in [-0.25, -0.2) is 4.79 Å². The van der Waals surface area contributed by atoms with E-state index in [4.69, 9.17) is 9.15 Å². The fraction of sp³-hybridized carbons (Fsp3) is 0.308. The number of azo groups is 2.